The number of rotatable bonds is 16. The molecule has 0 radical (unpaired) electrons. The van der Waals surface area contributed by atoms with Gasteiger partial charge in [-0.25, -0.2) is 13.1 Å². The Morgan fingerprint density at radius 2 is 1.36 bits per heavy atom. The summed E-state index contributed by atoms with van der Waals surface area (Å²) in [4.78, 5) is 0. The van der Waals surface area contributed by atoms with E-state index in [9.17, 15) is 39.1 Å². The predicted molar refractivity (Wildman–Crippen MR) is 170 cm³/mol. The topological polar surface area (TPSA) is 385 Å². The van der Waals surface area contributed by atoms with Crippen LogP contribution >= 0.6 is 0 Å². The van der Waals surface area contributed by atoms with Gasteiger partial charge in [0.15, 0.2) is 18.9 Å². The van der Waals surface area contributed by atoms with Gasteiger partial charge < -0.3 is 98.2 Å². The van der Waals surface area contributed by atoms with E-state index in [2.05, 4.69) is 10.0 Å². The smallest absolute Gasteiger partial charge is 0.213 e. The van der Waals surface area contributed by atoms with Gasteiger partial charge in [-0.1, -0.05) is 0 Å². The quantitative estimate of drug-likeness (QED) is 0.0651. The third-order valence-corrected chi connectivity index (χ3v) is 10.7. The zero-order valence-corrected chi connectivity index (χ0v) is 28.3. The van der Waals surface area contributed by atoms with E-state index in [0.29, 0.717) is 0 Å². The van der Waals surface area contributed by atoms with Gasteiger partial charge in [-0.2, -0.15) is 0 Å². The number of nitrogens with two attached hydrogens (primary N) is 5. The van der Waals surface area contributed by atoms with Crippen LogP contribution in [0.2, 0.25) is 0 Å². The fraction of sp³-hybridized carbons (Fsp3) is 1.00. The first-order chi connectivity index (χ1) is 23.7. The van der Waals surface area contributed by atoms with Gasteiger partial charge in [-0.15, -0.1) is 0 Å². The lowest BCUT2D eigenvalue weighted by Gasteiger charge is -2.47. The summed E-state index contributed by atoms with van der Waals surface area (Å²) in [6.07, 6.45) is -18.9. The van der Waals surface area contributed by atoms with E-state index in [1.807, 2.05) is 0 Å². The molecule has 19 N–H and O–H groups in total. The van der Waals surface area contributed by atoms with Gasteiger partial charge in [-0.05, 0) is 12.8 Å². The summed E-state index contributed by atoms with van der Waals surface area (Å²) in [5, 5.41) is 76.1. The molecule has 4 rings (SSSR count). The highest BCUT2D eigenvalue weighted by atomic mass is 32.2. The van der Waals surface area contributed by atoms with Crippen molar-refractivity contribution in [1.29, 1.82) is 0 Å². The number of aliphatic hydroxyl groups excluding tert-OH is 7. The second-order valence-corrected chi connectivity index (χ2v) is 14.9. The van der Waals surface area contributed by atoms with E-state index in [4.69, 9.17) is 62.2 Å². The molecule has 50 heavy (non-hydrogen) atoms. The normalized spacial score (nSPS) is 45.9. The highest BCUT2D eigenvalue weighted by Crippen LogP contribution is 2.34. The second kappa shape index (κ2) is 18.5. The van der Waals surface area contributed by atoms with Crippen molar-refractivity contribution in [3.63, 3.8) is 0 Å². The minimum Gasteiger partial charge on any atom is -0.395 e. The van der Waals surface area contributed by atoms with Crippen molar-refractivity contribution in [2.45, 2.75) is 123 Å². The van der Waals surface area contributed by atoms with Crippen molar-refractivity contribution < 1.29 is 72.6 Å². The molecule has 18 unspecified atom stereocenters. The minimum absolute atomic E-state index is 0.0530. The maximum atomic E-state index is 12.6. The van der Waals surface area contributed by atoms with Gasteiger partial charge in [0.25, 0.3) is 0 Å². The number of aliphatic hydroxyl groups is 7. The molecule has 3 saturated heterocycles. The van der Waals surface area contributed by atoms with Gasteiger partial charge in [0, 0.05) is 32.2 Å². The summed E-state index contributed by atoms with van der Waals surface area (Å²) in [5.41, 5.74) is 29.9. The van der Waals surface area contributed by atoms with E-state index in [-0.39, 0.29) is 45.6 Å². The molecular formula is C27H55N7O15S. The molecule has 294 valence electrons. The molecule has 23 heteroatoms. The second-order valence-electron chi connectivity index (χ2n) is 13.0. The van der Waals surface area contributed by atoms with E-state index in [1.54, 1.807) is 0 Å². The molecule has 3 aliphatic heterocycles. The van der Waals surface area contributed by atoms with E-state index in [1.165, 1.54) is 0 Å². The Labute approximate surface area is 289 Å². The molecule has 1 saturated carbocycles. The van der Waals surface area contributed by atoms with E-state index >= 15 is 0 Å². The summed E-state index contributed by atoms with van der Waals surface area (Å²) in [7, 11) is -3.98. The lowest BCUT2D eigenvalue weighted by molar-refractivity contribution is -0.296. The Bertz CT molecular complexity index is 1150. The van der Waals surface area contributed by atoms with Gasteiger partial charge in [0.05, 0.1) is 55.4 Å². The zero-order valence-electron chi connectivity index (χ0n) is 27.4. The number of ether oxygens (including phenoxy) is 6. The van der Waals surface area contributed by atoms with E-state index < -0.39 is 133 Å². The lowest BCUT2D eigenvalue weighted by Crippen LogP contribution is -2.67. The van der Waals surface area contributed by atoms with Crippen molar-refractivity contribution in [1.82, 2.24) is 10.0 Å². The molecule has 4 aliphatic rings. The van der Waals surface area contributed by atoms with Crippen molar-refractivity contribution in [2.75, 3.05) is 45.1 Å². The first-order valence-corrected chi connectivity index (χ1v) is 18.2. The Kier molecular flexibility index (Phi) is 15.5. The van der Waals surface area contributed by atoms with Gasteiger partial charge in [0.1, 0.15) is 48.8 Å². The van der Waals surface area contributed by atoms with Crippen LogP contribution in [0.3, 0.4) is 0 Å². The molecule has 1 aliphatic carbocycles. The van der Waals surface area contributed by atoms with Gasteiger partial charge >= 0.3 is 0 Å². The number of hydrogen-bond acceptors (Lipinski definition) is 21. The van der Waals surface area contributed by atoms with Crippen molar-refractivity contribution >= 4 is 10.0 Å². The van der Waals surface area contributed by atoms with Crippen LogP contribution in [-0.4, -0.2) is 199 Å². The Morgan fingerprint density at radius 3 is 2.00 bits per heavy atom. The fourth-order valence-electron chi connectivity index (χ4n) is 6.55. The molecular weight excluding hydrogens is 694 g/mol. The lowest BCUT2D eigenvalue weighted by atomic mass is 9.84. The summed E-state index contributed by atoms with van der Waals surface area (Å²) < 4.78 is 63.1. The summed E-state index contributed by atoms with van der Waals surface area (Å²) in [6, 6.07) is -4.41. The molecule has 22 nitrogen and oxygen atoms in total. The van der Waals surface area contributed by atoms with Crippen LogP contribution in [0.4, 0.5) is 0 Å². The van der Waals surface area contributed by atoms with Crippen molar-refractivity contribution in [3.8, 4) is 0 Å². The Morgan fingerprint density at radius 1 is 0.720 bits per heavy atom. The van der Waals surface area contributed by atoms with Gasteiger partial charge in [-0.3, -0.25) is 0 Å². The standard InChI is InChI=1S/C27H55N7O15S/c28-1-4-50(42,43)34-12-5-10(30)22(47-25-11(31)6-13(37)15(45-25)8-33-2-3-35)24(18(12)38)49-27-21(41)23(16(9-36)46-27)48-26-17(32)20(40)19(39)14(7-29)44-26/h10-27,33-41H,1-9,28-32H2. The third kappa shape index (κ3) is 9.82. The molecule has 0 spiro atoms. The van der Waals surface area contributed by atoms with Gasteiger partial charge in [0.2, 0.25) is 10.0 Å². The number of sulfonamides is 1. The molecule has 0 aromatic carbocycles. The Balaban J connectivity index is 1.56. The Hall–Kier alpha value is -0.850. The molecule has 0 amide bonds. The van der Waals surface area contributed by atoms with Crippen LogP contribution in [0, 0.1) is 0 Å². The number of hydrogen-bond donors (Lipinski definition) is 14. The van der Waals surface area contributed by atoms with Crippen LogP contribution in [0.15, 0.2) is 0 Å². The maximum Gasteiger partial charge on any atom is 0.213 e. The van der Waals surface area contributed by atoms with Crippen LogP contribution in [-0.2, 0) is 38.4 Å². The average Bonchev–Trinajstić information content (AvgIpc) is 3.36. The predicted octanol–water partition coefficient (Wildman–Crippen LogP) is -9.32. The maximum absolute atomic E-state index is 12.6. The van der Waals surface area contributed by atoms with Crippen LogP contribution < -0.4 is 38.7 Å². The first-order valence-electron chi connectivity index (χ1n) is 16.6. The van der Waals surface area contributed by atoms with Crippen molar-refractivity contribution in [3.05, 3.63) is 0 Å². The first kappa shape index (κ1) is 41.9. The number of nitrogens with one attached hydrogen (secondary N) is 2. The molecule has 0 aromatic heterocycles. The van der Waals surface area contributed by atoms with E-state index in [0.717, 1.165) is 0 Å². The SMILES string of the molecule is NCCS(=O)(=O)NC1CC(N)C(OC2OC(CNCCO)C(O)CC2N)C(OC2OC(CO)C(OC3OC(CN)C(O)C(O)C3N)C2O)C1O. The van der Waals surface area contributed by atoms with Crippen LogP contribution in [0.5, 0.6) is 0 Å². The molecule has 3 heterocycles. The summed E-state index contributed by atoms with van der Waals surface area (Å²) in [6.45, 7) is -0.879. The molecule has 0 bridgehead atoms. The average molecular weight is 750 g/mol. The van der Waals surface area contributed by atoms with Crippen LogP contribution in [0.1, 0.15) is 12.8 Å². The molecule has 18 atom stereocenters. The zero-order chi connectivity index (χ0) is 36.9. The van der Waals surface area contributed by atoms with Crippen LogP contribution in [0.25, 0.3) is 0 Å². The largest absolute Gasteiger partial charge is 0.395 e. The highest BCUT2D eigenvalue weighted by Gasteiger charge is 2.54. The molecule has 0 aromatic rings. The summed E-state index contributed by atoms with van der Waals surface area (Å²) in [5.74, 6) is -0.445. The highest BCUT2D eigenvalue weighted by molar-refractivity contribution is 7.89. The minimum atomic E-state index is -3.98. The molecule has 4 fully saturated rings. The monoisotopic (exact) mass is 749 g/mol. The summed E-state index contributed by atoms with van der Waals surface area (Å²) >= 11 is 0. The van der Waals surface area contributed by atoms with Crippen molar-refractivity contribution in [2.24, 2.45) is 28.7 Å². The fourth-order valence-corrected chi connectivity index (χ4v) is 7.67. The third-order valence-electron chi connectivity index (χ3n) is 9.30.